The first-order chi connectivity index (χ1) is 10.3. The van der Waals surface area contributed by atoms with Crippen molar-refractivity contribution in [2.75, 3.05) is 19.7 Å². The summed E-state index contributed by atoms with van der Waals surface area (Å²) >= 11 is 0. The number of alkyl halides is 3. The molecule has 0 bridgehead atoms. The Balaban J connectivity index is 1.79. The number of hydrogen-bond donors (Lipinski definition) is 1. The summed E-state index contributed by atoms with van der Waals surface area (Å²) in [6.07, 6.45) is -3.04. The van der Waals surface area contributed by atoms with Crippen LogP contribution in [-0.2, 0) is 4.79 Å². The Morgan fingerprint density at radius 2 is 1.91 bits per heavy atom. The third kappa shape index (κ3) is 4.80. The Bertz CT molecular complexity index is 505. The van der Waals surface area contributed by atoms with Crippen molar-refractivity contribution in [2.24, 2.45) is 5.73 Å². The molecule has 1 unspecified atom stereocenters. The number of halogens is 3. The second-order valence-electron chi connectivity index (χ2n) is 4.96. The summed E-state index contributed by atoms with van der Waals surface area (Å²) in [6, 6.07) is 4.91. The van der Waals surface area contributed by atoms with Gasteiger partial charge in [0.2, 0.25) is 5.91 Å². The van der Waals surface area contributed by atoms with Crippen LogP contribution >= 0.6 is 0 Å². The van der Waals surface area contributed by atoms with Crippen LogP contribution in [0, 0.1) is 0 Å². The highest BCUT2D eigenvalue weighted by atomic mass is 19.4. The van der Waals surface area contributed by atoms with Gasteiger partial charge in [0.1, 0.15) is 18.1 Å². The number of primary amides is 1. The Kier molecular flexibility index (Phi) is 5.12. The van der Waals surface area contributed by atoms with Crippen LogP contribution in [0.5, 0.6) is 11.5 Å². The molecular weight excluding hydrogens is 301 g/mol. The van der Waals surface area contributed by atoms with Crippen molar-refractivity contribution in [3.63, 3.8) is 0 Å². The maximum Gasteiger partial charge on any atom is 0.573 e. The maximum atomic E-state index is 12.0. The molecule has 1 saturated heterocycles. The van der Waals surface area contributed by atoms with Crippen LogP contribution in [0.4, 0.5) is 13.2 Å². The van der Waals surface area contributed by atoms with Crippen LogP contribution < -0.4 is 15.2 Å². The van der Waals surface area contributed by atoms with Crippen molar-refractivity contribution in [1.82, 2.24) is 4.90 Å². The molecule has 5 nitrogen and oxygen atoms in total. The summed E-state index contributed by atoms with van der Waals surface area (Å²) in [7, 11) is 0. The minimum atomic E-state index is -4.71. The highest BCUT2D eigenvalue weighted by Gasteiger charge is 2.31. The van der Waals surface area contributed by atoms with E-state index in [0.29, 0.717) is 18.9 Å². The number of amides is 1. The minimum absolute atomic E-state index is 0.258. The van der Waals surface area contributed by atoms with Crippen molar-refractivity contribution in [1.29, 1.82) is 0 Å². The molecule has 1 aromatic carbocycles. The first-order valence-electron chi connectivity index (χ1n) is 6.87. The van der Waals surface area contributed by atoms with E-state index in [1.54, 1.807) is 0 Å². The zero-order valence-electron chi connectivity index (χ0n) is 11.8. The van der Waals surface area contributed by atoms with Gasteiger partial charge in [-0.15, -0.1) is 13.2 Å². The zero-order chi connectivity index (χ0) is 16.2. The molecule has 1 amide bonds. The van der Waals surface area contributed by atoms with Gasteiger partial charge in [-0.05, 0) is 43.7 Å². The van der Waals surface area contributed by atoms with Crippen LogP contribution in [-0.4, -0.2) is 42.9 Å². The van der Waals surface area contributed by atoms with Crippen molar-refractivity contribution >= 4 is 5.91 Å². The Hall–Kier alpha value is -1.96. The third-order valence-electron chi connectivity index (χ3n) is 3.40. The molecule has 0 spiro atoms. The predicted molar refractivity (Wildman–Crippen MR) is 72.4 cm³/mol. The van der Waals surface area contributed by atoms with E-state index in [-0.39, 0.29) is 17.7 Å². The molecule has 2 rings (SSSR count). The molecule has 1 aliphatic rings. The third-order valence-corrected chi connectivity index (χ3v) is 3.40. The van der Waals surface area contributed by atoms with Crippen LogP contribution in [0.2, 0.25) is 0 Å². The molecule has 122 valence electrons. The summed E-state index contributed by atoms with van der Waals surface area (Å²) in [5.41, 5.74) is 5.31. The summed E-state index contributed by atoms with van der Waals surface area (Å²) in [4.78, 5) is 13.2. The molecule has 0 saturated carbocycles. The molecule has 1 heterocycles. The molecule has 2 N–H and O–H groups in total. The van der Waals surface area contributed by atoms with Gasteiger partial charge in [-0.25, -0.2) is 0 Å². The van der Waals surface area contributed by atoms with Gasteiger partial charge in [0, 0.05) is 6.54 Å². The van der Waals surface area contributed by atoms with Crippen molar-refractivity contribution < 1.29 is 27.4 Å². The van der Waals surface area contributed by atoms with E-state index in [9.17, 15) is 18.0 Å². The second kappa shape index (κ2) is 6.87. The lowest BCUT2D eigenvalue weighted by molar-refractivity contribution is -0.274. The quantitative estimate of drug-likeness (QED) is 0.870. The number of nitrogens with zero attached hydrogens (tertiary/aromatic N) is 1. The second-order valence-corrected chi connectivity index (χ2v) is 4.96. The highest BCUT2D eigenvalue weighted by Crippen LogP contribution is 2.24. The average molecular weight is 318 g/mol. The average Bonchev–Trinajstić information content (AvgIpc) is 2.88. The van der Waals surface area contributed by atoms with E-state index in [2.05, 4.69) is 4.74 Å². The standard InChI is InChI=1S/C14H17F3N2O3/c15-14(16,17)22-11-5-3-10(4-6-11)21-9-8-19-7-1-2-12(19)13(18)20/h3-6,12H,1-2,7-9H2,(H2,18,20). The topological polar surface area (TPSA) is 64.8 Å². The normalized spacial score (nSPS) is 19.1. The first-order valence-corrected chi connectivity index (χ1v) is 6.87. The lowest BCUT2D eigenvalue weighted by atomic mass is 10.2. The Morgan fingerprint density at radius 1 is 1.27 bits per heavy atom. The Morgan fingerprint density at radius 3 is 2.50 bits per heavy atom. The number of likely N-dealkylation sites (tertiary alicyclic amines) is 1. The van der Waals surface area contributed by atoms with Gasteiger partial charge in [-0.1, -0.05) is 0 Å². The van der Waals surface area contributed by atoms with Gasteiger partial charge in [0.15, 0.2) is 0 Å². The molecule has 1 aromatic rings. The fourth-order valence-corrected chi connectivity index (χ4v) is 2.43. The van der Waals surface area contributed by atoms with Gasteiger partial charge in [0.05, 0.1) is 6.04 Å². The Labute approximate surface area is 125 Å². The number of nitrogens with two attached hydrogens (primary N) is 1. The fraction of sp³-hybridized carbons (Fsp3) is 0.500. The largest absolute Gasteiger partial charge is 0.573 e. The van der Waals surface area contributed by atoms with E-state index < -0.39 is 6.36 Å². The van der Waals surface area contributed by atoms with E-state index >= 15 is 0 Å². The lowest BCUT2D eigenvalue weighted by Crippen LogP contribution is -2.42. The monoisotopic (exact) mass is 318 g/mol. The molecule has 1 aliphatic heterocycles. The molecular formula is C14H17F3N2O3. The van der Waals surface area contributed by atoms with Crippen LogP contribution in [0.1, 0.15) is 12.8 Å². The van der Waals surface area contributed by atoms with Crippen LogP contribution in [0.3, 0.4) is 0 Å². The summed E-state index contributed by atoms with van der Waals surface area (Å²) in [6.45, 7) is 1.65. The SMILES string of the molecule is NC(=O)C1CCCN1CCOc1ccc(OC(F)(F)F)cc1. The first kappa shape index (κ1) is 16.4. The van der Waals surface area contributed by atoms with Crippen LogP contribution in [0.25, 0.3) is 0 Å². The molecule has 0 radical (unpaired) electrons. The molecule has 8 heteroatoms. The van der Waals surface area contributed by atoms with Gasteiger partial charge < -0.3 is 15.2 Å². The number of benzene rings is 1. The van der Waals surface area contributed by atoms with Gasteiger partial charge in [0.25, 0.3) is 0 Å². The zero-order valence-corrected chi connectivity index (χ0v) is 11.8. The molecule has 1 fully saturated rings. The van der Waals surface area contributed by atoms with Gasteiger partial charge in [-0.2, -0.15) is 0 Å². The number of hydrogen-bond acceptors (Lipinski definition) is 4. The predicted octanol–water partition coefficient (Wildman–Crippen LogP) is 1.91. The van der Waals surface area contributed by atoms with Crippen LogP contribution in [0.15, 0.2) is 24.3 Å². The molecule has 22 heavy (non-hydrogen) atoms. The van der Waals surface area contributed by atoms with Crippen molar-refractivity contribution in [3.05, 3.63) is 24.3 Å². The number of carbonyl (C=O) groups excluding carboxylic acids is 1. The molecule has 0 aromatic heterocycles. The number of carbonyl (C=O) groups is 1. The van der Waals surface area contributed by atoms with Gasteiger partial charge in [-0.3, -0.25) is 9.69 Å². The van der Waals surface area contributed by atoms with E-state index in [4.69, 9.17) is 10.5 Å². The smallest absolute Gasteiger partial charge is 0.492 e. The van der Waals surface area contributed by atoms with E-state index in [1.165, 1.54) is 24.3 Å². The van der Waals surface area contributed by atoms with E-state index in [0.717, 1.165) is 19.4 Å². The minimum Gasteiger partial charge on any atom is -0.492 e. The van der Waals surface area contributed by atoms with E-state index in [1.807, 2.05) is 4.90 Å². The van der Waals surface area contributed by atoms with Crippen molar-refractivity contribution in [2.45, 2.75) is 25.2 Å². The van der Waals surface area contributed by atoms with Crippen molar-refractivity contribution in [3.8, 4) is 11.5 Å². The molecule has 1 atom stereocenters. The summed E-state index contributed by atoms with van der Waals surface area (Å²) < 4.78 is 45.3. The molecule has 0 aliphatic carbocycles. The van der Waals surface area contributed by atoms with Gasteiger partial charge >= 0.3 is 6.36 Å². The number of ether oxygens (including phenoxy) is 2. The maximum absolute atomic E-state index is 12.0. The summed E-state index contributed by atoms with van der Waals surface area (Å²) in [5, 5.41) is 0. The fourth-order valence-electron chi connectivity index (χ4n) is 2.43. The highest BCUT2D eigenvalue weighted by molar-refractivity contribution is 5.80. The lowest BCUT2D eigenvalue weighted by Gasteiger charge is -2.21. The number of rotatable bonds is 6. The summed E-state index contributed by atoms with van der Waals surface area (Å²) in [5.74, 6) is -0.205.